The van der Waals surface area contributed by atoms with Gasteiger partial charge in [0, 0.05) is 6.04 Å². The van der Waals surface area contributed by atoms with Gasteiger partial charge in [-0.3, -0.25) is 0 Å². The Morgan fingerprint density at radius 2 is 1.74 bits per heavy atom. The van der Waals surface area contributed by atoms with E-state index in [-0.39, 0.29) is 0 Å². The molecule has 0 amide bonds. The summed E-state index contributed by atoms with van der Waals surface area (Å²) < 4.78 is 0. The maximum absolute atomic E-state index is 3.63. The van der Waals surface area contributed by atoms with Crippen molar-refractivity contribution in [3.8, 4) is 0 Å². The molecule has 1 rings (SSSR count). The minimum Gasteiger partial charge on any atom is -0.310 e. The first-order chi connectivity index (χ1) is 9.02. The van der Waals surface area contributed by atoms with Crippen LogP contribution in [0.5, 0.6) is 0 Å². The standard InChI is InChI=1S/C18H31N/c1-6-19-18(11-10-14(2)3)17-9-7-8-16(13-17)12-15(4)5/h7-9,13-15,18-19H,6,10-12H2,1-5H3. The lowest BCUT2D eigenvalue weighted by Crippen LogP contribution is -2.21. The highest BCUT2D eigenvalue weighted by molar-refractivity contribution is 5.26. The third kappa shape index (κ3) is 6.24. The molecule has 0 aromatic heterocycles. The van der Waals surface area contributed by atoms with Gasteiger partial charge in [-0.25, -0.2) is 0 Å². The van der Waals surface area contributed by atoms with E-state index < -0.39 is 0 Å². The van der Waals surface area contributed by atoms with Crippen molar-refractivity contribution in [2.75, 3.05) is 6.54 Å². The fourth-order valence-corrected chi connectivity index (χ4v) is 2.54. The van der Waals surface area contributed by atoms with E-state index in [0.717, 1.165) is 18.4 Å². The Hall–Kier alpha value is -0.820. The molecular formula is C18H31N. The Morgan fingerprint density at radius 1 is 1.00 bits per heavy atom. The van der Waals surface area contributed by atoms with Gasteiger partial charge in [-0.1, -0.05) is 58.9 Å². The van der Waals surface area contributed by atoms with Gasteiger partial charge in [-0.05, 0) is 48.8 Å². The molecule has 0 aliphatic carbocycles. The van der Waals surface area contributed by atoms with Crippen LogP contribution < -0.4 is 5.32 Å². The third-order valence-electron chi connectivity index (χ3n) is 3.48. The average molecular weight is 261 g/mol. The third-order valence-corrected chi connectivity index (χ3v) is 3.48. The maximum Gasteiger partial charge on any atom is 0.0320 e. The second kappa shape index (κ2) is 8.37. The quantitative estimate of drug-likeness (QED) is 0.696. The topological polar surface area (TPSA) is 12.0 Å². The summed E-state index contributed by atoms with van der Waals surface area (Å²) in [4.78, 5) is 0. The van der Waals surface area contributed by atoms with Gasteiger partial charge >= 0.3 is 0 Å². The summed E-state index contributed by atoms with van der Waals surface area (Å²) in [5.41, 5.74) is 2.93. The Bertz CT molecular complexity index is 354. The van der Waals surface area contributed by atoms with Crippen LogP contribution in [0.2, 0.25) is 0 Å². The molecule has 1 aromatic rings. The summed E-state index contributed by atoms with van der Waals surface area (Å²) >= 11 is 0. The van der Waals surface area contributed by atoms with Gasteiger partial charge in [-0.2, -0.15) is 0 Å². The first kappa shape index (κ1) is 16.2. The van der Waals surface area contributed by atoms with Gasteiger partial charge < -0.3 is 5.32 Å². The summed E-state index contributed by atoms with van der Waals surface area (Å²) in [6.45, 7) is 12.4. The molecule has 1 aromatic carbocycles. The summed E-state index contributed by atoms with van der Waals surface area (Å²) in [6.07, 6.45) is 3.69. The van der Waals surface area contributed by atoms with Crippen molar-refractivity contribution in [2.24, 2.45) is 11.8 Å². The molecule has 108 valence electrons. The van der Waals surface area contributed by atoms with Crippen LogP contribution in [0.4, 0.5) is 0 Å². The molecule has 1 unspecified atom stereocenters. The zero-order valence-corrected chi connectivity index (χ0v) is 13.4. The fraction of sp³-hybridized carbons (Fsp3) is 0.667. The summed E-state index contributed by atoms with van der Waals surface area (Å²) in [6, 6.07) is 9.66. The molecule has 0 spiro atoms. The average Bonchev–Trinajstić information content (AvgIpc) is 2.33. The molecule has 0 saturated carbocycles. The Morgan fingerprint density at radius 3 is 2.32 bits per heavy atom. The molecule has 0 aliphatic rings. The molecule has 0 radical (unpaired) electrons. The van der Waals surface area contributed by atoms with E-state index in [0.29, 0.717) is 6.04 Å². The first-order valence-electron chi connectivity index (χ1n) is 7.85. The molecule has 1 nitrogen and oxygen atoms in total. The highest BCUT2D eigenvalue weighted by Gasteiger charge is 2.11. The lowest BCUT2D eigenvalue weighted by atomic mass is 9.94. The molecular weight excluding hydrogens is 230 g/mol. The largest absolute Gasteiger partial charge is 0.310 e. The second-order valence-electron chi connectivity index (χ2n) is 6.42. The Labute approximate surface area is 119 Å². The van der Waals surface area contributed by atoms with E-state index in [1.165, 1.54) is 30.4 Å². The smallest absolute Gasteiger partial charge is 0.0320 e. The van der Waals surface area contributed by atoms with E-state index in [1.54, 1.807) is 0 Å². The summed E-state index contributed by atoms with van der Waals surface area (Å²) in [7, 11) is 0. The van der Waals surface area contributed by atoms with Crippen molar-refractivity contribution in [3.63, 3.8) is 0 Å². The molecule has 0 fully saturated rings. The lowest BCUT2D eigenvalue weighted by molar-refractivity contribution is 0.448. The van der Waals surface area contributed by atoms with Crippen LogP contribution in [0.15, 0.2) is 24.3 Å². The predicted molar refractivity (Wildman–Crippen MR) is 85.5 cm³/mol. The predicted octanol–water partition coefficient (Wildman–Crippen LogP) is 4.97. The van der Waals surface area contributed by atoms with Crippen LogP contribution in [-0.2, 0) is 6.42 Å². The molecule has 0 bridgehead atoms. The van der Waals surface area contributed by atoms with Gasteiger partial charge in [0.05, 0.1) is 0 Å². The Kier molecular flexibility index (Phi) is 7.15. The zero-order valence-electron chi connectivity index (χ0n) is 13.4. The number of nitrogens with one attached hydrogen (secondary N) is 1. The van der Waals surface area contributed by atoms with Gasteiger partial charge in [0.1, 0.15) is 0 Å². The molecule has 19 heavy (non-hydrogen) atoms. The monoisotopic (exact) mass is 261 g/mol. The van der Waals surface area contributed by atoms with Crippen LogP contribution in [0.25, 0.3) is 0 Å². The fourth-order valence-electron chi connectivity index (χ4n) is 2.54. The Balaban J connectivity index is 2.76. The highest BCUT2D eigenvalue weighted by atomic mass is 14.9. The number of benzene rings is 1. The van der Waals surface area contributed by atoms with Crippen LogP contribution >= 0.6 is 0 Å². The van der Waals surface area contributed by atoms with Gasteiger partial charge in [0.2, 0.25) is 0 Å². The van der Waals surface area contributed by atoms with Crippen LogP contribution in [0, 0.1) is 11.8 Å². The van der Waals surface area contributed by atoms with Crippen molar-refractivity contribution in [2.45, 2.75) is 59.9 Å². The molecule has 1 N–H and O–H groups in total. The van der Waals surface area contributed by atoms with Crippen LogP contribution in [0.3, 0.4) is 0 Å². The first-order valence-corrected chi connectivity index (χ1v) is 7.85. The number of rotatable bonds is 8. The zero-order chi connectivity index (χ0) is 14.3. The van der Waals surface area contributed by atoms with Crippen molar-refractivity contribution in [1.82, 2.24) is 5.32 Å². The van der Waals surface area contributed by atoms with E-state index in [9.17, 15) is 0 Å². The minimum atomic E-state index is 0.513. The van der Waals surface area contributed by atoms with E-state index in [1.807, 2.05) is 0 Å². The molecule has 1 atom stereocenters. The maximum atomic E-state index is 3.63. The number of hydrogen-bond acceptors (Lipinski definition) is 1. The van der Waals surface area contributed by atoms with E-state index in [4.69, 9.17) is 0 Å². The molecule has 0 aliphatic heterocycles. The normalized spacial score (nSPS) is 13.2. The highest BCUT2D eigenvalue weighted by Crippen LogP contribution is 2.22. The van der Waals surface area contributed by atoms with Crippen molar-refractivity contribution >= 4 is 0 Å². The molecule has 0 heterocycles. The second-order valence-corrected chi connectivity index (χ2v) is 6.42. The van der Waals surface area contributed by atoms with Gasteiger partial charge in [-0.15, -0.1) is 0 Å². The SMILES string of the molecule is CCNC(CCC(C)C)c1cccc(CC(C)C)c1. The van der Waals surface area contributed by atoms with Gasteiger partial charge in [0.25, 0.3) is 0 Å². The summed E-state index contributed by atoms with van der Waals surface area (Å²) in [5.74, 6) is 1.50. The summed E-state index contributed by atoms with van der Waals surface area (Å²) in [5, 5.41) is 3.63. The lowest BCUT2D eigenvalue weighted by Gasteiger charge is -2.20. The van der Waals surface area contributed by atoms with E-state index >= 15 is 0 Å². The minimum absolute atomic E-state index is 0.513. The molecule has 1 heteroatoms. The number of hydrogen-bond donors (Lipinski definition) is 1. The van der Waals surface area contributed by atoms with E-state index in [2.05, 4.69) is 64.2 Å². The van der Waals surface area contributed by atoms with Crippen LogP contribution in [-0.4, -0.2) is 6.54 Å². The van der Waals surface area contributed by atoms with Crippen molar-refractivity contribution in [1.29, 1.82) is 0 Å². The van der Waals surface area contributed by atoms with Crippen LogP contribution in [0.1, 0.15) is 64.6 Å². The van der Waals surface area contributed by atoms with Crippen molar-refractivity contribution in [3.05, 3.63) is 35.4 Å². The molecule has 0 saturated heterocycles. The van der Waals surface area contributed by atoms with Gasteiger partial charge in [0.15, 0.2) is 0 Å². The van der Waals surface area contributed by atoms with Crippen molar-refractivity contribution < 1.29 is 0 Å².